The number of rotatable bonds is 5. The van der Waals surface area contributed by atoms with E-state index in [2.05, 4.69) is 35.6 Å². The minimum absolute atomic E-state index is 0.0560. The van der Waals surface area contributed by atoms with Gasteiger partial charge in [-0.25, -0.2) is 4.39 Å². The Hall–Kier alpha value is -4.09. The first-order valence-electron chi connectivity index (χ1n) is 11.4. The summed E-state index contributed by atoms with van der Waals surface area (Å²) in [6.45, 7) is 3.74. The molecule has 1 aromatic heterocycles. The third-order valence-corrected chi connectivity index (χ3v) is 6.51. The van der Waals surface area contributed by atoms with Crippen molar-refractivity contribution >= 4 is 50.5 Å². The quantitative estimate of drug-likeness (QED) is 0.247. The molecular weight excluding hydrogens is 477 g/mol. The Morgan fingerprint density at radius 1 is 1.06 bits per heavy atom. The number of hydrogen-bond donors (Lipinski definition) is 1. The topological polar surface area (TPSA) is 51.5 Å². The summed E-state index contributed by atoms with van der Waals surface area (Å²) >= 11 is 5.80. The van der Waals surface area contributed by atoms with E-state index in [1.807, 2.05) is 32.0 Å². The van der Waals surface area contributed by atoms with Gasteiger partial charge in [0.05, 0.1) is 19.1 Å². The molecule has 0 aliphatic heterocycles. The van der Waals surface area contributed by atoms with Crippen LogP contribution in [-0.2, 0) is 4.79 Å². The lowest BCUT2D eigenvalue weighted by Gasteiger charge is -2.13. The molecule has 5 rings (SSSR count). The molecule has 0 aliphatic rings. The molecule has 1 amide bonds. The monoisotopic (exact) mass is 499 g/mol. The van der Waals surface area contributed by atoms with E-state index in [0.29, 0.717) is 11.3 Å². The van der Waals surface area contributed by atoms with E-state index in [0.717, 1.165) is 50.1 Å². The predicted molar refractivity (Wildman–Crippen MR) is 144 cm³/mol. The molecule has 0 unspecified atom stereocenters. The second-order valence-electron chi connectivity index (χ2n) is 8.61. The van der Waals surface area contributed by atoms with Crippen LogP contribution in [0.3, 0.4) is 0 Å². The van der Waals surface area contributed by atoms with Gasteiger partial charge < -0.3 is 14.5 Å². The number of benzene rings is 4. The minimum atomic E-state index is -0.602. The van der Waals surface area contributed by atoms with Crippen molar-refractivity contribution in [2.45, 2.75) is 13.8 Å². The third-order valence-electron chi connectivity index (χ3n) is 6.27. The number of fused-ring (bicyclic) bond motifs is 2. The van der Waals surface area contributed by atoms with Gasteiger partial charge in [0.2, 0.25) is 5.91 Å². The van der Waals surface area contributed by atoms with Crippen LogP contribution in [-0.4, -0.2) is 13.0 Å². The second kappa shape index (κ2) is 9.51. The number of furan rings is 1. The van der Waals surface area contributed by atoms with E-state index in [1.165, 1.54) is 18.2 Å². The Morgan fingerprint density at radius 2 is 1.83 bits per heavy atom. The number of methoxy groups -OCH3 is 1. The largest absolute Gasteiger partial charge is 0.496 e. The van der Waals surface area contributed by atoms with E-state index in [-0.39, 0.29) is 10.7 Å². The lowest BCUT2D eigenvalue weighted by molar-refractivity contribution is -0.111. The van der Waals surface area contributed by atoms with Gasteiger partial charge in [-0.15, -0.1) is 0 Å². The van der Waals surface area contributed by atoms with E-state index in [9.17, 15) is 9.18 Å². The molecule has 0 spiro atoms. The summed E-state index contributed by atoms with van der Waals surface area (Å²) in [6.07, 6.45) is 3.17. The van der Waals surface area contributed by atoms with Crippen LogP contribution in [0.15, 0.2) is 83.5 Å². The standard InChI is InChI=1S/C30H23ClFNO3/c1-17(12-28(34)33-27-11-10-22(31)14-26(27)32)23-15-24-25(16-36-30(24)18(2)29(23)35-3)21-9-8-19-6-4-5-7-20(19)13-21/h4-16H,1-3H3,(H,33,34)/b17-12+. The van der Waals surface area contributed by atoms with E-state index >= 15 is 0 Å². The van der Waals surface area contributed by atoms with Crippen LogP contribution in [0, 0.1) is 12.7 Å². The fraction of sp³-hybridized carbons (Fsp3) is 0.100. The molecule has 0 aliphatic carbocycles. The van der Waals surface area contributed by atoms with Crippen LogP contribution >= 0.6 is 11.6 Å². The number of carbonyl (C=O) groups is 1. The van der Waals surface area contributed by atoms with Crippen LogP contribution in [0.4, 0.5) is 10.1 Å². The summed E-state index contributed by atoms with van der Waals surface area (Å²) in [5.41, 5.74) is 4.99. The molecule has 4 aromatic carbocycles. The van der Waals surface area contributed by atoms with Crippen molar-refractivity contribution in [1.29, 1.82) is 0 Å². The first kappa shape index (κ1) is 23.6. The van der Waals surface area contributed by atoms with E-state index in [4.69, 9.17) is 20.8 Å². The van der Waals surface area contributed by atoms with Gasteiger partial charge >= 0.3 is 0 Å². The van der Waals surface area contributed by atoms with Gasteiger partial charge in [-0.2, -0.15) is 0 Å². The second-order valence-corrected chi connectivity index (χ2v) is 9.05. The lowest BCUT2D eigenvalue weighted by atomic mass is 9.95. The minimum Gasteiger partial charge on any atom is -0.496 e. The summed E-state index contributed by atoms with van der Waals surface area (Å²) in [7, 11) is 1.58. The van der Waals surface area contributed by atoms with Crippen LogP contribution in [0.5, 0.6) is 5.75 Å². The van der Waals surface area contributed by atoms with Gasteiger partial charge in [-0.1, -0.05) is 48.0 Å². The number of halogens is 2. The molecule has 6 heteroatoms. The van der Waals surface area contributed by atoms with E-state index < -0.39 is 11.7 Å². The molecule has 0 atom stereocenters. The molecule has 36 heavy (non-hydrogen) atoms. The van der Waals surface area contributed by atoms with Gasteiger partial charge in [0.1, 0.15) is 17.1 Å². The number of allylic oxidation sites excluding steroid dienone is 1. The summed E-state index contributed by atoms with van der Waals surface area (Å²) in [5, 5.41) is 6.04. The van der Waals surface area contributed by atoms with Crippen molar-refractivity contribution < 1.29 is 18.3 Å². The highest BCUT2D eigenvalue weighted by Crippen LogP contribution is 2.41. The predicted octanol–water partition coefficient (Wildman–Crippen LogP) is 8.40. The molecule has 4 nitrogen and oxygen atoms in total. The van der Waals surface area contributed by atoms with Crippen molar-refractivity contribution in [3.8, 4) is 16.9 Å². The van der Waals surface area contributed by atoms with Gasteiger partial charge in [0, 0.05) is 33.2 Å². The zero-order valence-electron chi connectivity index (χ0n) is 20.0. The fourth-order valence-electron chi connectivity index (χ4n) is 4.49. The SMILES string of the molecule is COc1c(/C(C)=C/C(=O)Nc2ccc(Cl)cc2F)cc2c(-c3ccc4ccccc4c3)coc2c1C. The average molecular weight is 500 g/mol. The average Bonchev–Trinajstić information content (AvgIpc) is 3.29. The molecule has 0 radical (unpaired) electrons. The Balaban J connectivity index is 1.57. The maximum absolute atomic E-state index is 14.1. The summed E-state index contributed by atoms with van der Waals surface area (Å²) in [6, 6.07) is 20.6. The highest BCUT2D eigenvalue weighted by Gasteiger charge is 2.19. The smallest absolute Gasteiger partial charge is 0.248 e. The Labute approximate surface area is 212 Å². The van der Waals surface area contributed by atoms with Gasteiger partial charge in [0.15, 0.2) is 0 Å². The van der Waals surface area contributed by atoms with Crippen LogP contribution < -0.4 is 10.1 Å². The number of nitrogens with one attached hydrogen (secondary N) is 1. The van der Waals surface area contributed by atoms with E-state index in [1.54, 1.807) is 13.4 Å². The van der Waals surface area contributed by atoms with Crippen molar-refractivity contribution in [1.82, 2.24) is 0 Å². The van der Waals surface area contributed by atoms with Gasteiger partial charge in [-0.3, -0.25) is 4.79 Å². The molecule has 180 valence electrons. The Bertz CT molecular complexity index is 1670. The fourth-order valence-corrected chi connectivity index (χ4v) is 4.65. The Kier molecular flexibility index (Phi) is 6.25. The number of ether oxygens (including phenoxy) is 1. The van der Waals surface area contributed by atoms with Crippen molar-refractivity contribution in [2.75, 3.05) is 12.4 Å². The van der Waals surface area contributed by atoms with Crippen LogP contribution in [0.1, 0.15) is 18.1 Å². The summed E-state index contributed by atoms with van der Waals surface area (Å²) in [5.74, 6) is -0.452. The van der Waals surface area contributed by atoms with Crippen molar-refractivity contribution in [3.05, 3.63) is 101 Å². The van der Waals surface area contributed by atoms with Crippen molar-refractivity contribution in [3.63, 3.8) is 0 Å². The molecule has 0 saturated heterocycles. The molecule has 0 bridgehead atoms. The zero-order valence-corrected chi connectivity index (χ0v) is 20.7. The maximum Gasteiger partial charge on any atom is 0.248 e. The number of hydrogen-bond acceptors (Lipinski definition) is 3. The molecule has 1 heterocycles. The molecule has 0 saturated carbocycles. The Morgan fingerprint density at radius 3 is 2.58 bits per heavy atom. The highest BCUT2D eigenvalue weighted by molar-refractivity contribution is 6.30. The molecule has 0 fully saturated rings. The molecular formula is C30H23ClFNO3. The summed E-state index contributed by atoms with van der Waals surface area (Å²) < 4.78 is 25.8. The third kappa shape index (κ3) is 4.34. The van der Waals surface area contributed by atoms with Crippen LogP contribution in [0.2, 0.25) is 5.02 Å². The first-order chi connectivity index (χ1) is 17.4. The molecule has 5 aromatic rings. The molecule has 1 N–H and O–H groups in total. The number of anilines is 1. The van der Waals surface area contributed by atoms with Gasteiger partial charge in [0.25, 0.3) is 0 Å². The maximum atomic E-state index is 14.1. The van der Waals surface area contributed by atoms with Crippen LogP contribution in [0.25, 0.3) is 38.4 Å². The summed E-state index contributed by atoms with van der Waals surface area (Å²) in [4.78, 5) is 12.7. The van der Waals surface area contributed by atoms with Gasteiger partial charge in [-0.05, 0) is 66.1 Å². The normalized spacial score (nSPS) is 11.8. The number of aryl methyl sites for hydroxylation is 1. The highest BCUT2D eigenvalue weighted by atomic mass is 35.5. The van der Waals surface area contributed by atoms with Crippen molar-refractivity contribution in [2.24, 2.45) is 0 Å². The lowest BCUT2D eigenvalue weighted by Crippen LogP contribution is -2.10. The number of amides is 1. The number of carbonyl (C=O) groups excluding carboxylic acids is 1. The first-order valence-corrected chi connectivity index (χ1v) is 11.8. The zero-order chi connectivity index (χ0) is 25.4.